The van der Waals surface area contributed by atoms with Gasteiger partial charge >= 0.3 is 6.03 Å². The summed E-state index contributed by atoms with van der Waals surface area (Å²) in [6.07, 6.45) is 3.42. The summed E-state index contributed by atoms with van der Waals surface area (Å²) in [5.41, 5.74) is 10.7. The number of nitrogens with zero attached hydrogens (tertiary/aromatic N) is 2. The van der Waals surface area contributed by atoms with Crippen molar-refractivity contribution in [1.29, 1.82) is 0 Å². The van der Waals surface area contributed by atoms with Gasteiger partial charge in [0.15, 0.2) is 11.6 Å². The molecule has 0 spiro atoms. The lowest BCUT2D eigenvalue weighted by molar-refractivity contribution is 0.110. The quantitative estimate of drug-likeness (QED) is 0.147. The molecule has 1 aromatic heterocycles. The lowest BCUT2D eigenvalue weighted by atomic mass is 9.72. The zero-order chi connectivity index (χ0) is 31.7. The van der Waals surface area contributed by atoms with Gasteiger partial charge in [-0.15, -0.1) is 0 Å². The summed E-state index contributed by atoms with van der Waals surface area (Å²) in [5.74, 6) is 2.80. The zero-order valence-electron chi connectivity index (χ0n) is 27.1. The van der Waals surface area contributed by atoms with Gasteiger partial charge in [0, 0.05) is 49.2 Å². The second-order valence-electron chi connectivity index (χ2n) is 12.1. The van der Waals surface area contributed by atoms with Crippen molar-refractivity contribution in [2.24, 2.45) is 0 Å². The predicted molar refractivity (Wildman–Crippen MR) is 178 cm³/mol. The molecule has 2 aromatic carbocycles. The van der Waals surface area contributed by atoms with Gasteiger partial charge in [0.2, 0.25) is 0 Å². The van der Waals surface area contributed by atoms with Gasteiger partial charge in [0.25, 0.3) is 0 Å². The Bertz CT molecular complexity index is 1360. The Morgan fingerprint density at radius 3 is 2.36 bits per heavy atom. The number of pyridine rings is 1. The lowest BCUT2D eigenvalue weighted by Crippen LogP contribution is -2.50. The van der Waals surface area contributed by atoms with E-state index in [9.17, 15) is 4.79 Å². The molecule has 9 heteroatoms. The minimum Gasteiger partial charge on any atom is -0.497 e. The molecule has 0 radical (unpaired) electrons. The van der Waals surface area contributed by atoms with E-state index < -0.39 is 0 Å². The Balaban J connectivity index is 1.54. The number of methoxy groups -OCH3 is 1. The van der Waals surface area contributed by atoms with Crippen molar-refractivity contribution in [3.63, 3.8) is 0 Å². The number of urea groups is 1. The molecule has 1 saturated heterocycles. The van der Waals surface area contributed by atoms with E-state index in [-0.39, 0.29) is 23.3 Å². The fraction of sp³-hybridized carbons (Fsp3) is 0.486. The summed E-state index contributed by atoms with van der Waals surface area (Å²) in [7, 11) is 1.68. The van der Waals surface area contributed by atoms with Crippen LogP contribution in [-0.2, 0) is 10.2 Å². The fourth-order valence-corrected chi connectivity index (χ4v) is 5.93. The smallest absolute Gasteiger partial charge is 0.319 e. The molecule has 4 N–H and O–H groups in total. The summed E-state index contributed by atoms with van der Waals surface area (Å²) in [4.78, 5) is 20.5. The molecule has 1 fully saturated rings. The van der Waals surface area contributed by atoms with Crippen LogP contribution in [0, 0.1) is 0 Å². The van der Waals surface area contributed by atoms with Crippen molar-refractivity contribution in [1.82, 2.24) is 10.3 Å². The van der Waals surface area contributed by atoms with Crippen LogP contribution in [0.25, 0.3) is 0 Å². The third kappa shape index (κ3) is 7.94. The highest BCUT2D eigenvalue weighted by atomic mass is 16.5. The van der Waals surface area contributed by atoms with Crippen LogP contribution < -0.4 is 30.7 Å². The van der Waals surface area contributed by atoms with E-state index in [0.29, 0.717) is 32.1 Å². The third-order valence-corrected chi connectivity index (χ3v) is 8.43. The van der Waals surface area contributed by atoms with Crippen LogP contribution in [0.3, 0.4) is 0 Å². The van der Waals surface area contributed by atoms with Crippen LogP contribution in [0.5, 0.6) is 11.5 Å². The number of anilines is 3. The summed E-state index contributed by atoms with van der Waals surface area (Å²) in [6, 6.07) is 15.7. The number of nitrogens with two attached hydrogens (primary N) is 1. The topological polar surface area (TPSA) is 111 Å². The lowest BCUT2D eigenvalue weighted by Gasteiger charge is -2.43. The third-order valence-electron chi connectivity index (χ3n) is 8.43. The van der Waals surface area contributed by atoms with E-state index in [0.717, 1.165) is 65.6 Å². The van der Waals surface area contributed by atoms with Crippen molar-refractivity contribution >= 4 is 23.2 Å². The number of carbonyl (C=O) groups excluding carboxylic acids is 1. The molecule has 0 saturated carbocycles. The standard InChI is InChI=1S/C35H49N5O4/c1-7-43-18-19-44-31-12-9-15-37-33(31)40-16-13-35(14-17-40,26-10-8-11-28(20-26)42-6)23-38-34(41)39-32-29(24(2)3)21-27(36)22-30(32)25(4)5/h8-12,15,20-22,24-25H,7,13-14,16-19,23,36H2,1-6H3,(H2,38,39,41). The van der Waals surface area contributed by atoms with Crippen molar-refractivity contribution < 1.29 is 19.0 Å². The van der Waals surface area contributed by atoms with E-state index in [2.05, 4.69) is 60.3 Å². The maximum Gasteiger partial charge on any atom is 0.319 e. The first kappa shape index (κ1) is 32.9. The number of nitrogens with one attached hydrogen (secondary N) is 2. The second kappa shape index (κ2) is 15.1. The highest BCUT2D eigenvalue weighted by molar-refractivity contribution is 5.92. The molecule has 2 amide bonds. The first-order valence-corrected chi connectivity index (χ1v) is 15.7. The van der Waals surface area contributed by atoms with Gasteiger partial charge in [-0.05, 0) is 84.7 Å². The van der Waals surface area contributed by atoms with Gasteiger partial charge in [-0.25, -0.2) is 9.78 Å². The number of amides is 2. The first-order valence-electron chi connectivity index (χ1n) is 15.7. The van der Waals surface area contributed by atoms with Crippen LogP contribution in [0.1, 0.15) is 76.0 Å². The van der Waals surface area contributed by atoms with Gasteiger partial charge in [0.1, 0.15) is 12.4 Å². The number of nitrogen functional groups attached to an aromatic ring is 1. The number of hydrogen-bond donors (Lipinski definition) is 3. The van der Waals surface area contributed by atoms with Gasteiger partial charge in [-0.1, -0.05) is 39.8 Å². The Labute approximate surface area is 262 Å². The molecule has 44 heavy (non-hydrogen) atoms. The summed E-state index contributed by atoms with van der Waals surface area (Å²) in [6.45, 7) is 14.1. The van der Waals surface area contributed by atoms with Crippen LogP contribution in [0.4, 0.5) is 22.0 Å². The summed E-state index contributed by atoms with van der Waals surface area (Å²) in [5, 5.41) is 6.43. The number of piperidine rings is 1. The van der Waals surface area contributed by atoms with Crippen molar-refractivity contribution in [2.45, 2.75) is 64.7 Å². The molecular formula is C35H49N5O4. The molecular weight excluding hydrogens is 554 g/mol. The average molecular weight is 604 g/mol. The fourth-order valence-electron chi connectivity index (χ4n) is 5.93. The maximum atomic E-state index is 13.5. The van der Waals surface area contributed by atoms with Gasteiger partial charge in [-0.3, -0.25) is 0 Å². The van der Waals surface area contributed by atoms with E-state index in [4.69, 9.17) is 19.9 Å². The predicted octanol–water partition coefficient (Wildman–Crippen LogP) is 6.69. The number of aromatic nitrogens is 1. The molecule has 0 atom stereocenters. The number of ether oxygens (including phenoxy) is 3. The molecule has 0 bridgehead atoms. The van der Waals surface area contributed by atoms with E-state index in [1.807, 2.05) is 43.3 Å². The van der Waals surface area contributed by atoms with E-state index in [1.54, 1.807) is 13.3 Å². The number of hydrogen-bond acceptors (Lipinski definition) is 7. The number of rotatable bonds is 13. The van der Waals surface area contributed by atoms with E-state index in [1.165, 1.54) is 0 Å². The van der Waals surface area contributed by atoms with Gasteiger partial charge in [-0.2, -0.15) is 0 Å². The Kier molecular flexibility index (Phi) is 11.3. The van der Waals surface area contributed by atoms with Crippen LogP contribution in [-0.4, -0.2) is 57.6 Å². The van der Waals surface area contributed by atoms with Crippen LogP contribution in [0.2, 0.25) is 0 Å². The minimum absolute atomic E-state index is 0.207. The van der Waals surface area contributed by atoms with E-state index >= 15 is 0 Å². The Morgan fingerprint density at radius 1 is 1.02 bits per heavy atom. The molecule has 9 nitrogen and oxygen atoms in total. The monoisotopic (exact) mass is 603 g/mol. The number of benzene rings is 2. The number of carbonyl (C=O) groups is 1. The van der Waals surface area contributed by atoms with Gasteiger partial charge in [0.05, 0.1) is 13.7 Å². The molecule has 2 heterocycles. The van der Waals surface area contributed by atoms with Crippen molar-refractivity contribution in [2.75, 3.05) is 62.5 Å². The van der Waals surface area contributed by atoms with Crippen LogP contribution >= 0.6 is 0 Å². The molecule has 1 aliphatic heterocycles. The molecule has 3 aromatic rings. The average Bonchev–Trinajstić information content (AvgIpc) is 3.03. The minimum atomic E-state index is -0.296. The van der Waals surface area contributed by atoms with Crippen molar-refractivity contribution in [3.8, 4) is 11.5 Å². The molecule has 1 aliphatic rings. The van der Waals surface area contributed by atoms with Gasteiger partial charge < -0.3 is 35.5 Å². The normalized spacial score (nSPS) is 14.5. The first-order chi connectivity index (χ1) is 21.2. The molecule has 238 valence electrons. The van der Waals surface area contributed by atoms with Crippen molar-refractivity contribution in [3.05, 3.63) is 71.4 Å². The van der Waals surface area contributed by atoms with Crippen LogP contribution in [0.15, 0.2) is 54.7 Å². The molecule has 4 rings (SSSR count). The Morgan fingerprint density at radius 2 is 1.73 bits per heavy atom. The summed E-state index contributed by atoms with van der Waals surface area (Å²) >= 11 is 0. The highest BCUT2D eigenvalue weighted by Gasteiger charge is 2.38. The molecule has 0 unspecified atom stereocenters. The SMILES string of the molecule is CCOCCOc1cccnc1N1CCC(CNC(=O)Nc2c(C(C)C)cc(N)cc2C(C)C)(c2cccc(OC)c2)CC1. The highest BCUT2D eigenvalue weighted by Crippen LogP contribution is 2.40. The Hall–Kier alpha value is -3.98. The largest absolute Gasteiger partial charge is 0.497 e. The zero-order valence-corrected chi connectivity index (χ0v) is 27.1. The summed E-state index contributed by atoms with van der Waals surface area (Å²) < 4.78 is 17.1. The second-order valence-corrected chi connectivity index (χ2v) is 12.1. The molecule has 0 aliphatic carbocycles. The maximum absolute atomic E-state index is 13.5.